The van der Waals surface area contributed by atoms with E-state index in [0.717, 1.165) is 22.4 Å². The normalized spacial score (nSPS) is 14.4. The van der Waals surface area contributed by atoms with E-state index >= 15 is 0 Å². The number of rotatable bonds is 5. The van der Waals surface area contributed by atoms with Gasteiger partial charge < -0.3 is 4.74 Å². The number of pyridine rings is 1. The highest BCUT2D eigenvalue weighted by atomic mass is 35.5. The Kier molecular flexibility index (Phi) is 6.66. The number of carbonyl (C=O) groups is 1. The maximum absolute atomic E-state index is 13.8. The number of ether oxygens (including phenoxy) is 1. The highest BCUT2D eigenvalue weighted by molar-refractivity contribution is 6.33. The zero-order valence-corrected chi connectivity index (χ0v) is 18.6. The first-order valence-electron chi connectivity index (χ1n) is 10.6. The molecular weight excluding hydrogens is 410 g/mol. The lowest BCUT2D eigenvalue weighted by atomic mass is 9.95. The molecule has 2 aromatic carbocycles. The smallest absolute Gasteiger partial charge is 0.270 e. The summed E-state index contributed by atoms with van der Waals surface area (Å²) in [5.74, 6) is -0.0658. The van der Waals surface area contributed by atoms with Crippen molar-refractivity contribution in [2.24, 2.45) is 0 Å². The van der Waals surface area contributed by atoms with Crippen LogP contribution in [0.4, 0.5) is 0 Å². The van der Waals surface area contributed by atoms with Crippen LogP contribution in [0.15, 0.2) is 60.7 Å². The van der Waals surface area contributed by atoms with Crippen molar-refractivity contribution in [3.05, 3.63) is 76.9 Å². The summed E-state index contributed by atoms with van der Waals surface area (Å²) in [6, 6.07) is 19.6. The van der Waals surface area contributed by atoms with Crippen LogP contribution in [0.3, 0.4) is 0 Å². The van der Waals surface area contributed by atoms with Gasteiger partial charge in [-0.25, -0.2) is 5.01 Å². The van der Waals surface area contributed by atoms with Crippen LogP contribution in [-0.4, -0.2) is 53.8 Å². The number of morpholine rings is 1. The zero-order chi connectivity index (χ0) is 21.8. The summed E-state index contributed by atoms with van der Waals surface area (Å²) >= 11 is 6.58. The van der Waals surface area contributed by atoms with E-state index in [1.807, 2.05) is 74.5 Å². The predicted molar refractivity (Wildman–Crippen MR) is 124 cm³/mol. The topological polar surface area (TPSA) is 45.7 Å². The molecule has 0 bridgehead atoms. The van der Waals surface area contributed by atoms with Crippen molar-refractivity contribution < 1.29 is 9.53 Å². The molecule has 160 valence electrons. The van der Waals surface area contributed by atoms with Crippen LogP contribution >= 0.6 is 11.6 Å². The summed E-state index contributed by atoms with van der Waals surface area (Å²) in [6.45, 7) is 7.07. The average molecular weight is 436 g/mol. The Hall–Kier alpha value is -2.73. The third-order valence-electron chi connectivity index (χ3n) is 5.51. The molecule has 0 unspecified atom stereocenters. The molecule has 1 fully saturated rings. The molecule has 3 aromatic rings. The van der Waals surface area contributed by atoms with Gasteiger partial charge in [0.15, 0.2) is 0 Å². The van der Waals surface area contributed by atoms with Gasteiger partial charge in [0.1, 0.15) is 0 Å². The highest BCUT2D eigenvalue weighted by Crippen LogP contribution is 2.35. The van der Waals surface area contributed by atoms with Crippen LogP contribution in [0.5, 0.6) is 0 Å². The van der Waals surface area contributed by atoms with Crippen LogP contribution in [0.2, 0.25) is 5.02 Å². The summed E-state index contributed by atoms with van der Waals surface area (Å²) in [4.78, 5) is 18.6. The van der Waals surface area contributed by atoms with Gasteiger partial charge in [-0.2, -0.15) is 0 Å². The molecule has 1 aliphatic rings. The van der Waals surface area contributed by atoms with Crippen LogP contribution in [0.25, 0.3) is 22.4 Å². The number of nitrogens with zero attached hydrogens (tertiary/aromatic N) is 3. The summed E-state index contributed by atoms with van der Waals surface area (Å²) in [6.07, 6.45) is 0. The lowest BCUT2D eigenvalue weighted by Crippen LogP contribution is -2.51. The Bertz CT molecular complexity index is 1070. The second kappa shape index (κ2) is 9.60. The fraction of sp³-hybridized carbons (Fsp3) is 0.280. The van der Waals surface area contributed by atoms with Gasteiger partial charge >= 0.3 is 0 Å². The fourth-order valence-electron chi connectivity index (χ4n) is 3.99. The minimum atomic E-state index is -0.0658. The van der Waals surface area contributed by atoms with Crippen LogP contribution < -0.4 is 0 Å². The number of halogens is 1. The molecule has 5 nitrogen and oxygen atoms in total. The number of hydrogen-bond acceptors (Lipinski definition) is 4. The van der Waals surface area contributed by atoms with E-state index < -0.39 is 0 Å². The zero-order valence-electron chi connectivity index (χ0n) is 17.8. The van der Waals surface area contributed by atoms with Crippen LogP contribution in [0, 0.1) is 6.92 Å². The second-order valence-electron chi connectivity index (χ2n) is 7.45. The van der Waals surface area contributed by atoms with Gasteiger partial charge in [-0.15, -0.1) is 0 Å². The molecule has 31 heavy (non-hydrogen) atoms. The minimum Gasteiger partial charge on any atom is -0.379 e. The van der Waals surface area contributed by atoms with Crippen molar-refractivity contribution in [2.75, 3.05) is 32.8 Å². The molecular formula is C25H26ClN3O2. The molecule has 0 atom stereocenters. The van der Waals surface area contributed by atoms with E-state index in [-0.39, 0.29) is 5.91 Å². The lowest BCUT2D eigenvalue weighted by molar-refractivity contribution is -0.0675. The molecule has 1 saturated heterocycles. The Morgan fingerprint density at radius 3 is 2.42 bits per heavy atom. The monoisotopic (exact) mass is 435 g/mol. The quantitative estimate of drug-likeness (QED) is 0.560. The summed E-state index contributed by atoms with van der Waals surface area (Å²) < 4.78 is 5.47. The van der Waals surface area contributed by atoms with E-state index in [1.54, 1.807) is 5.01 Å². The van der Waals surface area contributed by atoms with Gasteiger partial charge in [0.25, 0.3) is 5.91 Å². The Morgan fingerprint density at radius 2 is 1.74 bits per heavy atom. The van der Waals surface area contributed by atoms with E-state index in [1.165, 1.54) is 0 Å². The summed E-state index contributed by atoms with van der Waals surface area (Å²) in [5.41, 5.74) is 4.72. The van der Waals surface area contributed by atoms with Crippen LogP contribution in [-0.2, 0) is 4.74 Å². The minimum absolute atomic E-state index is 0.0658. The highest BCUT2D eigenvalue weighted by Gasteiger charge is 2.28. The molecule has 6 heteroatoms. The van der Waals surface area contributed by atoms with E-state index in [0.29, 0.717) is 49.1 Å². The Labute approximate surface area is 188 Å². The summed E-state index contributed by atoms with van der Waals surface area (Å²) in [5, 5.41) is 4.47. The molecule has 0 N–H and O–H groups in total. The van der Waals surface area contributed by atoms with Gasteiger partial charge in [0.05, 0.1) is 30.2 Å². The van der Waals surface area contributed by atoms with Crippen molar-refractivity contribution >= 4 is 17.5 Å². The van der Waals surface area contributed by atoms with E-state index in [2.05, 4.69) is 5.01 Å². The van der Waals surface area contributed by atoms with Crippen molar-refractivity contribution in [3.63, 3.8) is 0 Å². The number of aromatic nitrogens is 1. The predicted octanol–water partition coefficient (Wildman–Crippen LogP) is 5.09. The number of amides is 1. The molecule has 0 saturated carbocycles. The first kappa shape index (κ1) is 21.5. The molecule has 0 radical (unpaired) electrons. The lowest BCUT2D eigenvalue weighted by Gasteiger charge is -2.37. The molecule has 4 rings (SSSR count). The molecule has 1 aromatic heterocycles. The van der Waals surface area contributed by atoms with Crippen molar-refractivity contribution in [3.8, 4) is 22.4 Å². The van der Waals surface area contributed by atoms with Gasteiger partial charge in [0.2, 0.25) is 0 Å². The van der Waals surface area contributed by atoms with Crippen LogP contribution in [0.1, 0.15) is 23.0 Å². The maximum Gasteiger partial charge on any atom is 0.270 e. The largest absolute Gasteiger partial charge is 0.379 e. The number of aryl methyl sites for hydroxylation is 1. The Morgan fingerprint density at radius 1 is 1.06 bits per heavy atom. The molecule has 0 aliphatic carbocycles. The second-order valence-corrected chi connectivity index (χ2v) is 7.86. The first-order valence-corrected chi connectivity index (χ1v) is 10.9. The molecule has 0 spiro atoms. The van der Waals surface area contributed by atoms with Crippen molar-refractivity contribution in [1.82, 2.24) is 15.0 Å². The standard InChI is InChI=1S/C25H26ClN3O2/c1-3-29(28-13-15-31-16-14-28)25(30)24-18(2)27-23(19-9-5-4-6-10-19)17-21(24)20-11-7-8-12-22(20)26/h4-12,17H,3,13-16H2,1-2H3. The third-order valence-corrected chi connectivity index (χ3v) is 5.84. The molecule has 2 heterocycles. The van der Waals surface area contributed by atoms with E-state index in [4.69, 9.17) is 21.3 Å². The Balaban J connectivity index is 1.86. The maximum atomic E-state index is 13.8. The van der Waals surface area contributed by atoms with E-state index in [9.17, 15) is 4.79 Å². The molecule has 1 amide bonds. The van der Waals surface area contributed by atoms with Gasteiger partial charge in [-0.05, 0) is 31.5 Å². The number of carbonyl (C=O) groups excluding carboxylic acids is 1. The molecule has 1 aliphatic heterocycles. The fourth-order valence-corrected chi connectivity index (χ4v) is 4.23. The number of benzene rings is 2. The van der Waals surface area contributed by atoms with Gasteiger partial charge in [-0.3, -0.25) is 14.8 Å². The SMILES string of the molecule is CCN(C(=O)c1c(-c2ccccc2Cl)cc(-c2ccccc2)nc1C)N1CCOCC1. The van der Waals surface area contributed by atoms with Gasteiger partial charge in [0, 0.05) is 35.8 Å². The van der Waals surface area contributed by atoms with Crippen molar-refractivity contribution in [1.29, 1.82) is 0 Å². The number of hydrogen-bond donors (Lipinski definition) is 0. The number of hydrazine groups is 1. The summed E-state index contributed by atoms with van der Waals surface area (Å²) in [7, 11) is 0. The van der Waals surface area contributed by atoms with Crippen molar-refractivity contribution in [2.45, 2.75) is 13.8 Å². The third kappa shape index (κ3) is 4.49. The average Bonchev–Trinajstić information content (AvgIpc) is 2.80. The van der Waals surface area contributed by atoms with Gasteiger partial charge in [-0.1, -0.05) is 60.1 Å². The first-order chi connectivity index (χ1) is 15.1.